The van der Waals surface area contributed by atoms with Crippen LogP contribution in [0.5, 0.6) is 5.75 Å². The summed E-state index contributed by atoms with van der Waals surface area (Å²) < 4.78 is 1.82. The summed E-state index contributed by atoms with van der Waals surface area (Å²) in [7, 11) is 0. The Bertz CT molecular complexity index is 881. The fraction of sp³-hybridized carbons (Fsp3) is 0.211. The van der Waals surface area contributed by atoms with Gasteiger partial charge in [0, 0.05) is 17.6 Å². The number of aromatic nitrogens is 1. The van der Waals surface area contributed by atoms with Crippen molar-refractivity contribution in [3.05, 3.63) is 65.4 Å². The molecule has 2 N–H and O–H groups in total. The molecule has 4 heteroatoms. The summed E-state index contributed by atoms with van der Waals surface area (Å²) in [5, 5.41) is 14.1. The quantitative estimate of drug-likeness (QED) is 0.765. The summed E-state index contributed by atoms with van der Waals surface area (Å²) in [6.07, 6.45) is 1.25. The van der Waals surface area contributed by atoms with Crippen LogP contribution in [-0.4, -0.2) is 22.1 Å². The molecule has 0 saturated heterocycles. The van der Waals surface area contributed by atoms with Gasteiger partial charge in [-0.2, -0.15) is 0 Å². The molecule has 0 bridgehead atoms. The number of carbonyl (C=O) groups excluding carboxylic acids is 1. The summed E-state index contributed by atoms with van der Waals surface area (Å²) >= 11 is 0. The zero-order chi connectivity index (χ0) is 15.8. The van der Waals surface area contributed by atoms with Crippen LogP contribution in [0.1, 0.15) is 21.6 Å². The van der Waals surface area contributed by atoms with Crippen LogP contribution in [-0.2, 0) is 19.4 Å². The molecule has 0 amide bonds. The van der Waals surface area contributed by atoms with E-state index < -0.39 is 0 Å². The minimum atomic E-state index is 0.0665. The van der Waals surface area contributed by atoms with E-state index in [-0.39, 0.29) is 11.7 Å². The molecule has 116 valence electrons. The van der Waals surface area contributed by atoms with Crippen molar-refractivity contribution in [2.75, 3.05) is 6.54 Å². The lowest BCUT2D eigenvalue weighted by molar-refractivity contribution is 0.0915. The van der Waals surface area contributed by atoms with Gasteiger partial charge in [0.2, 0.25) is 5.91 Å². The van der Waals surface area contributed by atoms with Crippen molar-refractivity contribution >= 4 is 16.8 Å². The lowest BCUT2D eigenvalue weighted by atomic mass is 10.0. The van der Waals surface area contributed by atoms with Gasteiger partial charge in [-0.1, -0.05) is 30.3 Å². The van der Waals surface area contributed by atoms with E-state index in [0.717, 1.165) is 35.1 Å². The van der Waals surface area contributed by atoms with Crippen molar-refractivity contribution in [2.45, 2.75) is 19.4 Å². The molecule has 1 aliphatic rings. The van der Waals surface area contributed by atoms with Crippen molar-refractivity contribution in [3.63, 3.8) is 0 Å². The normalized spacial score (nSPS) is 13.9. The molecule has 2 heterocycles. The zero-order valence-electron chi connectivity index (χ0n) is 12.7. The topological polar surface area (TPSA) is 54.3 Å². The van der Waals surface area contributed by atoms with Crippen LogP contribution < -0.4 is 5.32 Å². The van der Waals surface area contributed by atoms with Gasteiger partial charge in [-0.25, -0.2) is 0 Å². The van der Waals surface area contributed by atoms with E-state index in [1.54, 1.807) is 12.1 Å². The Kier molecular flexibility index (Phi) is 3.39. The van der Waals surface area contributed by atoms with Crippen LogP contribution in [0.25, 0.3) is 10.9 Å². The highest BCUT2D eigenvalue weighted by Crippen LogP contribution is 2.31. The number of carbonyl (C=O) groups is 1. The molecule has 4 nitrogen and oxygen atoms in total. The third-order valence-electron chi connectivity index (χ3n) is 4.46. The number of benzene rings is 2. The molecule has 2 aromatic carbocycles. The fourth-order valence-corrected chi connectivity index (χ4v) is 3.42. The van der Waals surface area contributed by atoms with Crippen LogP contribution in [0.2, 0.25) is 0 Å². The third kappa shape index (κ3) is 2.41. The molecule has 0 unspecified atom stereocenters. The largest absolute Gasteiger partial charge is 0.508 e. The van der Waals surface area contributed by atoms with Gasteiger partial charge in [0.25, 0.3) is 0 Å². The van der Waals surface area contributed by atoms with Gasteiger partial charge in [0.1, 0.15) is 5.75 Å². The lowest BCUT2D eigenvalue weighted by Crippen LogP contribution is -2.27. The highest BCUT2D eigenvalue weighted by Gasteiger charge is 2.23. The maximum Gasteiger partial charge on any atom is 0.235 e. The molecule has 4 rings (SSSR count). The number of aromatic hydroxyl groups is 1. The zero-order valence-corrected chi connectivity index (χ0v) is 12.7. The van der Waals surface area contributed by atoms with E-state index in [9.17, 15) is 9.90 Å². The molecular formula is C19H18N2O2. The molecule has 1 aliphatic heterocycles. The molecule has 23 heavy (non-hydrogen) atoms. The Hall–Kier alpha value is -2.59. The maximum atomic E-state index is 12.9. The second kappa shape index (κ2) is 5.56. The van der Waals surface area contributed by atoms with Gasteiger partial charge < -0.3 is 10.4 Å². The van der Waals surface area contributed by atoms with E-state index in [4.69, 9.17) is 0 Å². The third-order valence-corrected chi connectivity index (χ3v) is 4.46. The molecule has 0 fully saturated rings. The molecule has 3 aromatic rings. The lowest BCUT2D eigenvalue weighted by Gasteiger charge is -2.16. The van der Waals surface area contributed by atoms with Crippen molar-refractivity contribution in [3.8, 4) is 5.75 Å². The second-order valence-corrected chi connectivity index (χ2v) is 5.95. The number of nitrogens with one attached hydrogen (secondary N) is 1. The molecule has 0 aliphatic carbocycles. The maximum absolute atomic E-state index is 12.9. The first-order valence-electron chi connectivity index (χ1n) is 7.87. The van der Waals surface area contributed by atoms with Gasteiger partial charge in [0.15, 0.2) is 0 Å². The van der Waals surface area contributed by atoms with E-state index in [1.807, 2.05) is 41.0 Å². The second-order valence-electron chi connectivity index (χ2n) is 5.95. The van der Waals surface area contributed by atoms with Crippen molar-refractivity contribution in [1.29, 1.82) is 0 Å². The predicted octanol–water partition coefficient (Wildman–Crippen LogP) is 2.88. The van der Waals surface area contributed by atoms with E-state index in [0.29, 0.717) is 13.0 Å². The van der Waals surface area contributed by atoms with Crippen LogP contribution in [0.3, 0.4) is 0 Å². The monoisotopic (exact) mass is 306 g/mol. The number of nitrogens with zero attached hydrogens (tertiary/aromatic N) is 1. The smallest absolute Gasteiger partial charge is 0.235 e. The van der Waals surface area contributed by atoms with Crippen molar-refractivity contribution in [1.82, 2.24) is 9.88 Å². The number of rotatable bonds is 2. The molecule has 0 radical (unpaired) electrons. The Morgan fingerprint density at radius 1 is 1.17 bits per heavy atom. The predicted molar refractivity (Wildman–Crippen MR) is 89.8 cm³/mol. The summed E-state index contributed by atoms with van der Waals surface area (Å²) in [4.78, 5) is 12.9. The minimum Gasteiger partial charge on any atom is -0.508 e. The Labute approximate surface area is 134 Å². The highest BCUT2D eigenvalue weighted by atomic mass is 16.3. The number of hydrogen-bond acceptors (Lipinski definition) is 3. The Morgan fingerprint density at radius 2 is 2.00 bits per heavy atom. The van der Waals surface area contributed by atoms with Gasteiger partial charge in [-0.15, -0.1) is 0 Å². The van der Waals surface area contributed by atoms with Crippen molar-refractivity contribution in [2.24, 2.45) is 0 Å². The molecule has 0 atom stereocenters. The SMILES string of the molecule is O=C(Cc1ccccc1)n1c2c(c3cc(O)ccc31)CCNC2. The van der Waals surface area contributed by atoms with Crippen LogP contribution in [0, 0.1) is 0 Å². The van der Waals surface area contributed by atoms with Crippen LogP contribution >= 0.6 is 0 Å². The number of phenols is 1. The van der Waals surface area contributed by atoms with Gasteiger partial charge in [-0.05, 0) is 42.3 Å². The first-order chi connectivity index (χ1) is 11.2. The first-order valence-corrected chi connectivity index (χ1v) is 7.87. The Morgan fingerprint density at radius 3 is 2.83 bits per heavy atom. The average molecular weight is 306 g/mol. The van der Waals surface area contributed by atoms with Crippen molar-refractivity contribution < 1.29 is 9.90 Å². The summed E-state index contributed by atoms with van der Waals surface area (Å²) in [5.41, 5.74) is 4.10. The average Bonchev–Trinajstić information content (AvgIpc) is 2.90. The van der Waals surface area contributed by atoms with Crippen LogP contribution in [0.15, 0.2) is 48.5 Å². The van der Waals surface area contributed by atoms with E-state index in [2.05, 4.69) is 5.32 Å². The van der Waals surface area contributed by atoms with E-state index in [1.165, 1.54) is 5.56 Å². The molecular weight excluding hydrogens is 288 g/mol. The number of hydrogen-bond donors (Lipinski definition) is 2. The van der Waals surface area contributed by atoms with Crippen LogP contribution in [0.4, 0.5) is 0 Å². The summed E-state index contributed by atoms with van der Waals surface area (Å²) in [6.45, 7) is 1.58. The Balaban J connectivity index is 1.84. The van der Waals surface area contributed by atoms with Gasteiger partial charge in [0.05, 0.1) is 11.9 Å². The standard InChI is InChI=1S/C19H18N2O2/c22-14-6-7-17-16(11-14)15-8-9-20-12-18(15)21(17)19(23)10-13-4-2-1-3-5-13/h1-7,11,20,22H,8-10,12H2. The van der Waals surface area contributed by atoms with Gasteiger partial charge in [-0.3, -0.25) is 9.36 Å². The minimum absolute atomic E-state index is 0.0665. The van der Waals surface area contributed by atoms with E-state index >= 15 is 0 Å². The van der Waals surface area contributed by atoms with Gasteiger partial charge >= 0.3 is 0 Å². The highest BCUT2D eigenvalue weighted by molar-refractivity contribution is 5.97. The summed E-state index contributed by atoms with van der Waals surface area (Å²) in [5.74, 6) is 0.309. The number of phenolic OH excluding ortho intramolecular Hbond substituents is 1. The summed E-state index contributed by atoms with van der Waals surface area (Å²) in [6, 6.07) is 15.1. The molecule has 0 saturated carbocycles. The fourth-order valence-electron chi connectivity index (χ4n) is 3.42. The molecule has 0 spiro atoms. The number of fused-ring (bicyclic) bond motifs is 3. The molecule has 1 aromatic heterocycles. The first kappa shape index (κ1) is 14.0.